The van der Waals surface area contributed by atoms with Gasteiger partial charge in [-0.15, -0.1) is 11.3 Å². The fourth-order valence-electron chi connectivity index (χ4n) is 3.12. The second kappa shape index (κ2) is 6.47. The zero-order chi connectivity index (χ0) is 16.5. The Balaban J connectivity index is 1.51. The second-order valence-electron chi connectivity index (χ2n) is 6.49. The van der Waals surface area contributed by atoms with E-state index in [-0.39, 0.29) is 5.92 Å². The lowest BCUT2D eigenvalue weighted by Crippen LogP contribution is -2.08. The molecule has 0 radical (unpaired) electrons. The van der Waals surface area contributed by atoms with Crippen LogP contribution < -0.4 is 5.32 Å². The summed E-state index contributed by atoms with van der Waals surface area (Å²) in [5, 5.41) is 8.65. The smallest absolute Gasteiger partial charge is 0.228 e. The Morgan fingerprint density at radius 2 is 2.12 bits per heavy atom. The summed E-state index contributed by atoms with van der Waals surface area (Å²) in [6.45, 7) is 4.84. The molecule has 0 unspecified atom stereocenters. The lowest BCUT2D eigenvalue weighted by atomic mass is 9.97. The number of nitrogens with one attached hydrogen (secondary N) is 1. The van der Waals surface area contributed by atoms with Gasteiger partial charge < -0.3 is 9.84 Å². The predicted molar refractivity (Wildman–Crippen MR) is 94.6 cm³/mol. The molecule has 0 atom stereocenters. The highest BCUT2D eigenvalue weighted by atomic mass is 32.1. The van der Waals surface area contributed by atoms with Crippen LogP contribution in [-0.4, -0.2) is 26.7 Å². The Bertz CT molecular complexity index is 854. The van der Waals surface area contributed by atoms with Gasteiger partial charge in [-0.25, -0.2) is 9.97 Å². The molecular formula is C17H21N5OS. The number of anilines is 1. The Kier molecular flexibility index (Phi) is 4.18. The molecule has 6 nitrogen and oxygen atoms in total. The monoisotopic (exact) mass is 343 g/mol. The van der Waals surface area contributed by atoms with E-state index in [2.05, 4.69) is 39.3 Å². The van der Waals surface area contributed by atoms with Crippen molar-refractivity contribution in [3.63, 3.8) is 0 Å². The van der Waals surface area contributed by atoms with E-state index in [0.717, 1.165) is 29.4 Å². The Labute approximate surface area is 144 Å². The minimum absolute atomic E-state index is 0.286. The van der Waals surface area contributed by atoms with Gasteiger partial charge in [0.25, 0.3) is 0 Å². The van der Waals surface area contributed by atoms with Gasteiger partial charge in [0.05, 0.1) is 5.39 Å². The first kappa shape index (κ1) is 15.5. The molecule has 7 heteroatoms. The van der Waals surface area contributed by atoms with Gasteiger partial charge in [0.2, 0.25) is 5.89 Å². The van der Waals surface area contributed by atoms with E-state index < -0.39 is 0 Å². The van der Waals surface area contributed by atoms with Crippen molar-refractivity contribution in [2.45, 2.75) is 51.9 Å². The van der Waals surface area contributed by atoms with Crippen LogP contribution >= 0.6 is 11.3 Å². The minimum atomic E-state index is 0.286. The molecule has 3 aromatic rings. The van der Waals surface area contributed by atoms with Crippen LogP contribution in [0.3, 0.4) is 0 Å². The lowest BCUT2D eigenvalue weighted by molar-refractivity contribution is 0.373. The van der Waals surface area contributed by atoms with E-state index in [4.69, 9.17) is 4.52 Å². The topological polar surface area (TPSA) is 76.7 Å². The maximum Gasteiger partial charge on any atom is 0.228 e. The van der Waals surface area contributed by atoms with Crippen molar-refractivity contribution in [3.05, 3.63) is 28.5 Å². The lowest BCUT2D eigenvalue weighted by Gasteiger charge is -2.12. The Morgan fingerprint density at radius 1 is 1.25 bits per heavy atom. The number of hydrogen-bond acceptors (Lipinski definition) is 7. The highest BCUT2D eigenvalue weighted by molar-refractivity contribution is 7.19. The molecule has 0 fully saturated rings. The van der Waals surface area contributed by atoms with Gasteiger partial charge in [-0.2, -0.15) is 4.98 Å². The molecule has 0 saturated carbocycles. The first-order chi connectivity index (χ1) is 11.7. The van der Waals surface area contributed by atoms with Gasteiger partial charge in [-0.3, -0.25) is 0 Å². The third-order valence-corrected chi connectivity index (χ3v) is 5.58. The third kappa shape index (κ3) is 2.88. The Morgan fingerprint density at radius 3 is 2.96 bits per heavy atom. The largest absolute Gasteiger partial charge is 0.369 e. The van der Waals surface area contributed by atoms with Crippen LogP contribution in [0, 0.1) is 0 Å². The molecule has 0 amide bonds. The first-order valence-electron chi connectivity index (χ1n) is 8.54. The number of hydrogen-bond donors (Lipinski definition) is 1. The van der Waals surface area contributed by atoms with Crippen LogP contribution in [0.2, 0.25) is 0 Å². The summed E-state index contributed by atoms with van der Waals surface area (Å²) in [7, 11) is 0. The third-order valence-electron chi connectivity index (χ3n) is 4.38. The van der Waals surface area contributed by atoms with Crippen molar-refractivity contribution < 1.29 is 4.52 Å². The van der Waals surface area contributed by atoms with E-state index in [9.17, 15) is 0 Å². The number of fused-ring (bicyclic) bond motifs is 3. The van der Waals surface area contributed by atoms with Gasteiger partial charge in [-0.1, -0.05) is 19.0 Å². The van der Waals surface area contributed by atoms with Crippen molar-refractivity contribution in [2.24, 2.45) is 0 Å². The number of rotatable bonds is 5. The van der Waals surface area contributed by atoms with Crippen LogP contribution in [-0.2, 0) is 19.3 Å². The number of aromatic nitrogens is 4. The zero-order valence-corrected chi connectivity index (χ0v) is 14.8. The zero-order valence-electron chi connectivity index (χ0n) is 14.0. The number of nitrogens with zero attached hydrogens (tertiary/aromatic N) is 4. The van der Waals surface area contributed by atoms with Crippen LogP contribution in [0.25, 0.3) is 10.2 Å². The van der Waals surface area contributed by atoms with Gasteiger partial charge in [0.15, 0.2) is 5.82 Å². The highest BCUT2D eigenvalue weighted by Gasteiger charge is 2.19. The molecule has 0 saturated heterocycles. The summed E-state index contributed by atoms with van der Waals surface area (Å²) in [6, 6.07) is 0. The molecule has 24 heavy (non-hydrogen) atoms. The van der Waals surface area contributed by atoms with Crippen molar-refractivity contribution in [2.75, 3.05) is 11.9 Å². The van der Waals surface area contributed by atoms with Crippen molar-refractivity contribution in [1.29, 1.82) is 0 Å². The number of aryl methyl sites for hydroxylation is 2. The van der Waals surface area contributed by atoms with Gasteiger partial charge in [-0.05, 0) is 31.2 Å². The normalized spacial score (nSPS) is 14.3. The van der Waals surface area contributed by atoms with E-state index in [1.54, 1.807) is 6.33 Å². The highest BCUT2D eigenvalue weighted by Crippen LogP contribution is 2.38. The molecule has 4 rings (SSSR count). The van der Waals surface area contributed by atoms with Crippen LogP contribution in [0.4, 0.5) is 5.82 Å². The maximum absolute atomic E-state index is 5.30. The van der Waals surface area contributed by atoms with Crippen molar-refractivity contribution in [1.82, 2.24) is 20.1 Å². The van der Waals surface area contributed by atoms with Crippen LogP contribution in [0.1, 0.15) is 54.8 Å². The van der Waals surface area contributed by atoms with Crippen LogP contribution in [0.5, 0.6) is 0 Å². The Hall–Kier alpha value is -2.02. The van der Waals surface area contributed by atoms with E-state index in [0.29, 0.717) is 12.3 Å². The summed E-state index contributed by atoms with van der Waals surface area (Å²) >= 11 is 1.82. The minimum Gasteiger partial charge on any atom is -0.369 e. The summed E-state index contributed by atoms with van der Waals surface area (Å²) < 4.78 is 5.30. The number of thiophene rings is 1. The van der Waals surface area contributed by atoms with Gasteiger partial charge in [0.1, 0.15) is 17.0 Å². The summed E-state index contributed by atoms with van der Waals surface area (Å²) in [4.78, 5) is 15.9. The molecule has 0 spiro atoms. The van der Waals surface area contributed by atoms with E-state index in [1.165, 1.54) is 35.1 Å². The molecule has 1 N–H and O–H groups in total. The predicted octanol–water partition coefficient (Wildman–Crippen LogP) is 3.73. The molecule has 1 aliphatic carbocycles. The van der Waals surface area contributed by atoms with Gasteiger partial charge >= 0.3 is 0 Å². The molecule has 0 aromatic carbocycles. The molecule has 0 bridgehead atoms. The molecule has 0 aliphatic heterocycles. The fourth-order valence-corrected chi connectivity index (χ4v) is 4.35. The molecule has 126 valence electrons. The molecular weight excluding hydrogens is 322 g/mol. The van der Waals surface area contributed by atoms with Crippen molar-refractivity contribution in [3.8, 4) is 0 Å². The molecule has 3 heterocycles. The average molecular weight is 343 g/mol. The van der Waals surface area contributed by atoms with Gasteiger partial charge in [0, 0.05) is 23.8 Å². The summed E-state index contributed by atoms with van der Waals surface area (Å²) in [5.74, 6) is 2.66. The molecule has 1 aliphatic rings. The van der Waals surface area contributed by atoms with Crippen LogP contribution in [0.15, 0.2) is 10.9 Å². The summed E-state index contributed by atoms with van der Waals surface area (Å²) in [5.41, 5.74) is 1.45. The average Bonchev–Trinajstić information content (AvgIpc) is 3.19. The van der Waals surface area contributed by atoms with Crippen molar-refractivity contribution >= 4 is 27.4 Å². The fraction of sp³-hybridized carbons (Fsp3) is 0.529. The molecule has 3 aromatic heterocycles. The standard InChI is InChI=1S/C17H21N5OS/c1-10(2)15-21-13(23-22-15)7-8-18-16-14-11-5-3-4-6-12(11)24-17(14)20-9-19-16/h9-10H,3-8H2,1-2H3,(H,18,19,20). The van der Waals surface area contributed by atoms with E-state index in [1.807, 2.05) is 11.3 Å². The maximum atomic E-state index is 5.30. The van der Waals surface area contributed by atoms with E-state index >= 15 is 0 Å². The SMILES string of the molecule is CC(C)c1noc(CCNc2ncnc3sc4c(c23)CCCC4)n1. The summed E-state index contributed by atoms with van der Waals surface area (Å²) in [6.07, 6.45) is 7.20. The quantitative estimate of drug-likeness (QED) is 0.760. The first-order valence-corrected chi connectivity index (χ1v) is 9.35. The second-order valence-corrected chi connectivity index (χ2v) is 7.57.